The summed E-state index contributed by atoms with van der Waals surface area (Å²) in [6, 6.07) is 0. The van der Waals surface area contributed by atoms with Crippen LogP contribution in [0.1, 0.15) is 106 Å². The molecule has 0 aromatic rings. The third-order valence-corrected chi connectivity index (χ3v) is 11.2. The standard InChI is InChI=1S/C29H48O5/c1-17(7-12-25(31)32)21-10-11-22-20-9-8-18-15-19(34-26(33)27(2,3)4)13-14-28(18,5)23(20)16-24(30)29(21,22)6/h17-24,30H,7-16H2,1-6H3,(H,31,32)/t17?,18?,19-,20?,21?,22?,23?,24-,28?,29?/m0/s1. The van der Waals surface area contributed by atoms with Crippen molar-refractivity contribution in [3.05, 3.63) is 0 Å². The van der Waals surface area contributed by atoms with Gasteiger partial charge in [0.2, 0.25) is 0 Å². The second-order valence-electron chi connectivity index (χ2n) is 13.9. The minimum Gasteiger partial charge on any atom is -0.481 e. The molecule has 0 aromatic carbocycles. The highest BCUT2D eigenvalue weighted by molar-refractivity contribution is 5.75. The molecule has 0 saturated heterocycles. The normalized spacial score (nSPS) is 45.0. The highest BCUT2D eigenvalue weighted by Crippen LogP contribution is 2.68. The average Bonchev–Trinajstić information content (AvgIpc) is 3.11. The molecule has 0 aromatic heterocycles. The van der Waals surface area contributed by atoms with Crippen LogP contribution in [0.25, 0.3) is 0 Å². The quantitative estimate of drug-likeness (QED) is 0.470. The average molecular weight is 477 g/mol. The van der Waals surface area contributed by atoms with Gasteiger partial charge >= 0.3 is 11.9 Å². The van der Waals surface area contributed by atoms with Crippen LogP contribution in [-0.4, -0.2) is 34.4 Å². The molecule has 0 spiro atoms. The molecule has 10 atom stereocenters. The summed E-state index contributed by atoms with van der Waals surface area (Å²) >= 11 is 0. The van der Waals surface area contributed by atoms with Crippen molar-refractivity contribution in [2.75, 3.05) is 0 Å². The number of esters is 1. The van der Waals surface area contributed by atoms with Gasteiger partial charge in [-0.1, -0.05) is 20.8 Å². The Kier molecular flexibility index (Phi) is 6.94. The number of carbonyl (C=O) groups is 2. The molecule has 4 rings (SSSR count). The predicted molar refractivity (Wildman–Crippen MR) is 132 cm³/mol. The van der Waals surface area contributed by atoms with Crippen LogP contribution in [0.5, 0.6) is 0 Å². The SMILES string of the molecule is CC(CCC(=O)O)C1CCC2C3CCC4C[C@@H](OC(=O)C(C)(C)C)CCC4(C)C3C[C@H](O)C12C. The van der Waals surface area contributed by atoms with Gasteiger partial charge in [0.15, 0.2) is 0 Å². The zero-order chi connectivity index (χ0) is 25.1. The topological polar surface area (TPSA) is 83.8 Å². The minimum atomic E-state index is -0.717. The first kappa shape index (κ1) is 26.0. The van der Waals surface area contributed by atoms with E-state index in [1.165, 1.54) is 19.3 Å². The summed E-state index contributed by atoms with van der Waals surface area (Å²) in [6.45, 7) is 12.8. The lowest BCUT2D eigenvalue weighted by atomic mass is 9.43. The van der Waals surface area contributed by atoms with Gasteiger partial charge in [-0.3, -0.25) is 9.59 Å². The molecule has 4 fully saturated rings. The van der Waals surface area contributed by atoms with E-state index in [4.69, 9.17) is 4.74 Å². The van der Waals surface area contributed by atoms with Crippen LogP contribution in [0.2, 0.25) is 0 Å². The maximum atomic E-state index is 12.5. The van der Waals surface area contributed by atoms with Crippen molar-refractivity contribution in [3.8, 4) is 0 Å². The molecule has 4 saturated carbocycles. The van der Waals surface area contributed by atoms with Gasteiger partial charge in [0.05, 0.1) is 11.5 Å². The number of carbonyl (C=O) groups excluding carboxylic acids is 1. The first-order valence-corrected chi connectivity index (χ1v) is 13.9. The van der Waals surface area contributed by atoms with E-state index in [1.54, 1.807) is 0 Å². The second-order valence-corrected chi connectivity index (χ2v) is 13.9. The molecule has 194 valence electrons. The summed E-state index contributed by atoms with van der Waals surface area (Å²) in [4.78, 5) is 23.6. The summed E-state index contributed by atoms with van der Waals surface area (Å²) in [7, 11) is 0. The van der Waals surface area contributed by atoms with Crippen molar-refractivity contribution >= 4 is 11.9 Å². The van der Waals surface area contributed by atoms with Crippen molar-refractivity contribution < 1.29 is 24.5 Å². The molecular formula is C29H48O5. The van der Waals surface area contributed by atoms with E-state index in [-0.39, 0.29) is 35.4 Å². The van der Waals surface area contributed by atoms with E-state index in [9.17, 15) is 19.8 Å². The molecule has 0 radical (unpaired) electrons. The zero-order valence-corrected chi connectivity index (χ0v) is 22.3. The maximum absolute atomic E-state index is 12.5. The van der Waals surface area contributed by atoms with Crippen LogP contribution >= 0.6 is 0 Å². The highest BCUT2D eigenvalue weighted by atomic mass is 16.5. The number of fused-ring (bicyclic) bond motifs is 5. The van der Waals surface area contributed by atoms with Gasteiger partial charge in [-0.2, -0.15) is 0 Å². The monoisotopic (exact) mass is 476 g/mol. The van der Waals surface area contributed by atoms with Gasteiger partial charge in [-0.05, 0) is 125 Å². The number of hydrogen-bond acceptors (Lipinski definition) is 4. The Hall–Kier alpha value is -1.10. The van der Waals surface area contributed by atoms with E-state index >= 15 is 0 Å². The number of aliphatic hydroxyl groups is 1. The lowest BCUT2D eigenvalue weighted by Gasteiger charge is -2.62. The molecular weight excluding hydrogens is 428 g/mol. The van der Waals surface area contributed by atoms with Crippen LogP contribution in [0.4, 0.5) is 0 Å². The maximum Gasteiger partial charge on any atom is 0.311 e. The molecule has 2 N–H and O–H groups in total. The smallest absolute Gasteiger partial charge is 0.311 e. The summed E-state index contributed by atoms with van der Waals surface area (Å²) in [6.07, 6.45) is 9.21. The Labute approximate surface area is 206 Å². The highest BCUT2D eigenvalue weighted by Gasteiger charge is 2.63. The molecule has 4 aliphatic carbocycles. The lowest BCUT2D eigenvalue weighted by Crippen LogP contribution is -2.59. The van der Waals surface area contributed by atoms with E-state index in [0.717, 1.165) is 32.1 Å². The van der Waals surface area contributed by atoms with Crippen molar-refractivity contribution in [1.82, 2.24) is 0 Å². The van der Waals surface area contributed by atoms with Gasteiger partial charge in [-0.15, -0.1) is 0 Å². The Morgan fingerprint density at radius 1 is 1.03 bits per heavy atom. The van der Waals surface area contributed by atoms with Gasteiger partial charge < -0.3 is 14.9 Å². The fourth-order valence-corrected chi connectivity index (χ4v) is 9.13. The second kappa shape index (κ2) is 9.09. The largest absolute Gasteiger partial charge is 0.481 e. The van der Waals surface area contributed by atoms with Crippen LogP contribution in [0.3, 0.4) is 0 Å². The predicted octanol–water partition coefficient (Wildman–Crippen LogP) is 6.07. The molecule has 0 aliphatic heterocycles. The summed E-state index contributed by atoms with van der Waals surface area (Å²) < 4.78 is 5.94. The van der Waals surface area contributed by atoms with Gasteiger partial charge in [-0.25, -0.2) is 0 Å². The first-order valence-electron chi connectivity index (χ1n) is 13.9. The molecule has 8 unspecified atom stereocenters. The third-order valence-electron chi connectivity index (χ3n) is 11.2. The molecule has 5 heteroatoms. The molecule has 4 aliphatic rings. The number of rotatable bonds is 5. The third kappa shape index (κ3) is 4.33. The van der Waals surface area contributed by atoms with Gasteiger partial charge in [0.25, 0.3) is 0 Å². The Morgan fingerprint density at radius 3 is 2.38 bits per heavy atom. The van der Waals surface area contributed by atoms with Crippen LogP contribution in [0, 0.1) is 51.8 Å². The van der Waals surface area contributed by atoms with Crippen molar-refractivity contribution in [3.63, 3.8) is 0 Å². The van der Waals surface area contributed by atoms with Crippen molar-refractivity contribution in [2.45, 2.75) is 118 Å². The van der Waals surface area contributed by atoms with Gasteiger partial charge in [0, 0.05) is 6.42 Å². The Bertz CT molecular complexity index is 786. The Balaban J connectivity index is 1.48. The summed E-state index contributed by atoms with van der Waals surface area (Å²) in [5.74, 6) is 2.21. The van der Waals surface area contributed by atoms with Gasteiger partial charge in [0.1, 0.15) is 6.10 Å². The molecule has 5 nitrogen and oxygen atoms in total. The van der Waals surface area contributed by atoms with E-state index in [1.807, 2.05) is 20.8 Å². The molecule has 0 bridgehead atoms. The van der Waals surface area contributed by atoms with Crippen molar-refractivity contribution in [1.29, 1.82) is 0 Å². The van der Waals surface area contributed by atoms with Crippen LogP contribution < -0.4 is 0 Å². The molecule has 0 heterocycles. The molecule has 34 heavy (non-hydrogen) atoms. The number of hydrogen-bond donors (Lipinski definition) is 2. The van der Waals surface area contributed by atoms with E-state index in [2.05, 4.69) is 20.8 Å². The number of aliphatic carboxylic acids is 1. The lowest BCUT2D eigenvalue weighted by molar-refractivity contribution is -0.184. The Morgan fingerprint density at radius 2 is 1.74 bits per heavy atom. The van der Waals surface area contributed by atoms with E-state index < -0.39 is 11.4 Å². The fourth-order valence-electron chi connectivity index (χ4n) is 9.13. The van der Waals surface area contributed by atoms with E-state index in [0.29, 0.717) is 41.9 Å². The number of carboxylic acid groups (broad SMARTS) is 1. The summed E-state index contributed by atoms with van der Waals surface area (Å²) in [5, 5.41) is 20.8. The minimum absolute atomic E-state index is 0.0334. The summed E-state index contributed by atoms with van der Waals surface area (Å²) in [5.41, 5.74) is -0.346. The molecule has 0 amide bonds. The number of ether oxygens (including phenoxy) is 1. The van der Waals surface area contributed by atoms with Crippen molar-refractivity contribution in [2.24, 2.45) is 51.8 Å². The number of carboxylic acids is 1. The van der Waals surface area contributed by atoms with Crippen LogP contribution in [0.15, 0.2) is 0 Å². The first-order chi connectivity index (χ1) is 15.8. The number of aliphatic hydroxyl groups excluding tert-OH is 1. The zero-order valence-electron chi connectivity index (χ0n) is 22.3. The van der Waals surface area contributed by atoms with Crippen LogP contribution in [-0.2, 0) is 14.3 Å². The fraction of sp³-hybridized carbons (Fsp3) is 0.931.